The topological polar surface area (TPSA) is 16.1 Å². The average molecular weight is 761 g/mol. The van der Waals surface area contributed by atoms with Crippen molar-refractivity contribution in [1.82, 2.24) is 9.88 Å². The van der Waals surface area contributed by atoms with Gasteiger partial charge in [-0.15, -0.1) is 11.3 Å². The highest BCUT2D eigenvalue weighted by atomic mass is 32.1. The lowest BCUT2D eigenvalue weighted by atomic mass is 9.55. The third-order valence-corrected chi connectivity index (χ3v) is 15.2. The number of allylic oxidation sites excluding steroid dienone is 5. The van der Waals surface area contributed by atoms with Crippen LogP contribution in [0.15, 0.2) is 187 Å². The van der Waals surface area contributed by atoms with E-state index in [4.69, 9.17) is 4.98 Å². The van der Waals surface area contributed by atoms with Gasteiger partial charge in [0.15, 0.2) is 0 Å². The monoisotopic (exact) mass is 760 g/mol. The lowest BCUT2D eigenvalue weighted by Gasteiger charge is -2.55. The molecule has 4 heterocycles. The first-order valence-electron chi connectivity index (χ1n) is 20.8. The van der Waals surface area contributed by atoms with E-state index in [0.717, 1.165) is 28.9 Å². The van der Waals surface area contributed by atoms with Crippen LogP contribution in [0.1, 0.15) is 24.5 Å². The zero-order chi connectivity index (χ0) is 38.1. The standard InChI is InChI=1S/C55H40N2S/c1-33-24-27-50-45(28-33)55(46-32-42-40-19-10-13-23-51(40)58-54(42)52-41-20-9-12-22-49(41)57(50)53(46)52)43-21-11-8-18-38(43)39-26-25-36(29-44(39)55)37-30-47(34-14-4-2-5-15-34)56-48(31-37)35-16-6-3-7-17-35/h2-23,25-33,41,46,49,53H,24H2,1H3. The summed E-state index contributed by atoms with van der Waals surface area (Å²) in [4.78, 5) is 8.13. The van der Waals surface area contributed by atoms with Crippen LogP contribution < -0.4 is 9.75 Å². The second-order valence-corrected chi connectivity index (χ2v) is 18.0. The number of pyridine rings is 1. The van der Waals surface area contributed by atoms with Gasteiger partial charge < -0.3 is 4.90 Å². The molecule has 2 nitrogen and oxygen atoms in total. The Kier molecular flexibility index (Phi) is 6.84. The zero-order valence-corrected chi connectivity index (χ0v) is 33.0. The molecular weight excluding hydrogens is 721 g/mol. The molecule has 13 rings (SSSR count). The largest absolute Gasteiger partial charge is 0.357 e. The van der Waals surface area contributed by atoms with Crippen molar-refractivity contribution < 1.29 is 0 Å². The summed E-state index contributed by atoms with van der Waals surface area (Å²) >= 11 is 2.01. The molecule has 276 valence electrons. The number of piperidine rings is 1. The summed E-state index contributed by atoms with van der Waals surface area (Å²) in [6, 6.07) is 52.3. The van der Waals surface area contributed by atoms with Gasteiger partial charge in [-0.1, -0.05) is 165 Å². The number of rotatable bonds is 3. The molecule has 6 aliphatic rings. The van der Waals surface area contributed by atoms with Crippen LogP contribution in [0, 0.1) is 17.8 Å². The molecule has 2 aliphatic heterocycles. The van der Waals surface area contributed by atoms with E-state index in [-0.39, 0.29) is 17.4 Å². The number of hydrogen-bond donors (Lipinski definition) is 0. The molecule has 0 saturated carbocycles. The lowest BCUT2D eigenvalue weighted by Crippen LogP contribution is -2.58. The SMILES string of the molecule is CC1C=C2C(=CC1)N1C3C=CC=CC3C3=c4sc5ccccc5c4=CC(C31)C21c2ccccc2-c2ccc(-c3cc(-c4ccccc4)nc(-c4ccccc4)c3)cc21. The lowest BCUT2D eigenvalue weighted by molar-refractivity contribution is 0.189. The minimum Gasteiger partial charge on any atom is -0.357 e. The van der Waals surface area contributed by atoms with Crippen molar-refractivity contribution in [1.29, 1.82) is 0 Å². The Morgan fingerprint density at radius 3 is 2.17 bits per heavy atom. The van der Waals surface area contributed by atoms with Crippen molar-refractivity contribution in [3.63, 3.8) is 0 Å². The van der Waals surface area contributed by atoms with Crippen molar-refractivity contribution in [2.24, 2.45) is 17.8 Å². The highest BCUT2D eigenvalue weighted by Gasteiger charge is 2.64. The number of thiophene rings is 1. The van der Waals surface area contributed by atoms with Gasteiger partial charge in [0, 0.05) is 37.9 Å². The van der Waals surface area contributed by atoms with Crippen molar-refractivity contribution in [3.8, 4) is 44.8 Å². The maximum Gasteiger partial charge on any atom is 0.0715 e. The molecule has 2 aromatic heterocycles. The number of hydrogen-bond acceptors (Lipinski definition) is 3. The molecule has 2 saturated heterocycles. The Labute approximate surface area is 342 Å². The Bertz CT molecular complexity index is 3090. The number of aromatic nitrogens is 1. The summed E-state index contributed by atoms with van der Waals surface area (Å²) in [6.07, 6.45) is 18.7. The van der Waals surface area contributed by atoms with Crippen LogP contribution in [0.3, 0.4) is 0 Å². The van der Waals surface area contributed by atoms with Crippen molar-refractivity contribution in [2.75, 3.05) is 0 Å². The van der Waals surface area contributed by atoms with Gasteiger partial charge in [0.25, 0.3) is 0 Å². The predicted octanol–water partition coefficient (Wildman–Crippen LogP) is 11.5. The Balaban J connectivity index is 1.12. The Morgan fingerprint density at radius 1 is 0.655 bits per heavy atom. The summed E-state index contributed by atoms with van der Waals surface area (Å²) in [7, 11) is 0. The third-order valence-electron chi connectivity index (χ3n) is 14.0. The molecule has 3 heteroatoms. The first-order chi connectivity index (χ1) is 28.7. The van der Waals surface area contributed by atoms with Crippen LogP contribution >= 0.6 is 11.3 Å². The molecule has 5 aromatic carbocycles. The van der Waals surface area contributed by atoms with Crippen LogP contribution in [0.5, 0.6) is 0 Å². The van der Waals surface area contributed by atoms with Crippen molar-refractivity contribution in [3.05, 3.63) is 208 Å². The van der Waals surface area contributed by atoms with E-state index in [1.54, 1.807) is 5.57 Å². The molecule has 1 spiro atoms. The summed E-state index contributed by atoms with van der Waals surface area (Å²) < 4.78 is 2.88. The van der Waals surface area contributed by atoms with Crippen LogP contribution in [0.2, 0.25) is 0 Å². The van der Waals surface area contributed by atoms with Gasteiger partial charge in [-0.2, -0.15) is 0 Å². The van der Waals surface area contributed by atoms with E-state index in [1.807, 2.05) is 11.3 Å². The first-order valence-corrected chi connectivity index (χ1v) is 21.7. The second-order valence-electron chi connectivity index (χ2n) is 17.0. The quantitative estimate of drug-likeness (QED) is 0.178. The molecule has 4 aliphatic carbocycles. The smallest absolute Gasteiger partial charge is 0.0715 e. The van der Waals surface area contributed by atoms with Gasteiger partial charge in [-0.05, 0) is 91.7 Å². The minimum absolute atomic E-state index is 0.184. The summed E-state index contributed by atoms with van der Waals surface area (Å²) in [5.41, 5.74) is 16.4. The highest BCUT2D eigenvalue weighted by molar-refractivity contribution is 7.17. The maximum absolute atomic E-state index is 5.26. The predicted molar refractivity (Wildman–Crippen MR) is 240 cm³/mol. The molecule has 7 aromatic rings. The molecule has 0 bridgehead atoms. The van der Waals surface area contributed by atoms with E-state index >= 15 is 0 Å². The van der Waals surface area contributed by atoms with Crippen LogP contribution in [0.25, 0.3) is 66.5 Å². The molecular formula is C55H40N2S. The average Bonchev–Trinajstić information content (AvgIpc) is 3.93. The highest BCUT2D eigenvalue weighted by Crippen LogP contribution is 2.67. The number of nitrogens with zero attached hydrogens (tertiary/aromatic N) is 2. The van der Waals surface area contributed by atoms with E-state index in [1.165, 1.54) is 64.5 Å². The van der Waals surface area contributed by atoms with E-state index < -0.39 is 0 Å². The fourth-order valence-corrected chi connectivity index (χ4v) is 13.0. The first kappa shape index (κ1) is 32.8. The van der Waals surface area contributed by atoms with Gasteiger partial charge in [-0.25, -0.2) is 4.98 Å². The van der Waals surface area contributed by atoms with Crippen molar-refractivity contribution >= 4 is 33.1 Å². The van der Waals surface area contributed by atoms with Gasteiger partial charge >= 0.3 is 0 Å². The van der Waals surface area contributed by atoms with E-state index in [2.05, 4.69) is 194 Å². The van der Waals surface area contributed by atoms with Crippen molar-refractivity contribution in [2.45, 2.75) is 30.8 Å². The summed E-state index contributed by atoms with van der Waals surface area (Å²) in [6.45, 7) is 2.41. The van der Waals surface area contributed by atoms with Gasteiger partial charge in [0.05, 0.1) is 28.9 Å². The third kappa shape index (κ3) is 4.35. The summed E-state index contributed by atoms with van der Waals surface area (Å²) in [5.74, 6) is 0.962. The van der Waals surface area contributed by atoms with Crippen LogP contribution in [0.4, 0.5) is 0 Å². The Morgan fingerprint density at radius 2 is 1.36 bits per heavy atom. The second kappa shape index (κ2) is 12.1. The van der Waals surface area contributed by atoms with Gasteiger partial charge in [-0.3, -0.25) is 0 Å². The Hall–Kier alpha value is -6.29. The summed E-state index contributed by atoms with van der Waals surface area (Å²) in [5, 5.41) is 2.83. The van der Waals surface area contributed by atoms with Crippen LogP contribution in [-0.4, -0.2) is 22.0 Å². The molecule has 0 amide bonds. The van der Waals surface area contributed by atoms with E-state index in [0.29, 0.717) is 17.9 Å². The normalized spacial score (nSPS) is 25.3. The molecule has 2 fully saturated rings. The minimum atomic E-state index is -0.381. The molecule has 58 heavy (non-hydrogen) atoms. The van der Waals surface area contributed by atoms with Gasteiger partial charge in [0.2, 0.25) is 0 Å². The van der Waals surface area contributed by atoms with Crippen LogP contribution in [-0.2, 0) is 5.41 Å². The number of fused-ring (bicyclic) bond motifs is 15. The van der Waals surface area contributed by atoms with Gasteiger partial charge in [0.1, 0.15) is 0 Å². The maximum atomic E-state index is 5.26. The number of benzene rings is 5. The fourth-order valence-electron chi connectivity index (χ4n) is 11.7. The molecule has 0 N–H and O–H groups in total. The van der Waals surface area contributed by atoms with E-state index in [9.17, 15) is 0 Å². The molecule has 6 unspecified atom stereocenters. The zero-order valence-electron chi connectivity index (χ0n) is 32.2. The fraction of sp³-hybridized carbons (Fsp3) is 0.145. The molecule has 0 radical (unpaired) electrons. The molecule has 6 atom stereocenters.